The molecule has 0 N–H and O–H groups in total. The zero-order valence-corrected chi connectivity index (χ0v) is 13.0. The SMILES string of the molecule is CCOC(=O)c1ccc(C(=O)C(F)C(OCC)OCC)cc1. The molecule has 0 aromatic heterocycles. The number of carbonyl (C=O) groups excluding carboxylic acids is 2. The third-order valence-corrected chi connectivity index (χ3v) is 2.83. The highest BCUT2D eigenvalue weighted by Crippen LogP contribution is 2.15. The molecule has 0 aliphatic carbocycles. The highest BCUT2D eigenvalue weighted by Gasteiger charge is 2.30. The predicted molar refractivity (Wildman–Crippen MR) is 78.7 cm³/mol. The van der Waals surface area contributed by atoms with Gasteiger partial charge in [0.15, 0.2) is 6.29 Å². The van der Waals surface area contributed by atoms with Crippen LogP contribution in [-0.4, -0.2) is 44.0 Å². The van der Waals surface area contributed by atoms with E-state index in [4.69, 9.17) is 14.2 Å². The number of carbonyl (C=O) groups is 2. The van der Waals surface area contributed by atoms with Crippen molar-refractivity contribution >= 4 is 11.8 Å². The van der Waals surface area contributed by atoms with Crippen molar-refractivity contribution in [2.75, 3.05) is 19.8 Å². The molecule has 1 rings (SSSR count). The first-order valence-corrected chi connectivity index (χ1v) is 7.23. The summed E-state index contributed by atoms with van der Waals surface area (Å²) < 4.78 is 29.2. The topological polar surface area (TPSA) is 61.8 Å². The standard InChI is InChI=1S/C16H21FO5/c1-4-20-15(19)12-9-7-11(8-10-12)14(18)13(17)16(21-5-2)22-6-3/h7-10,13,16H,4-6H2,1-3H3. The number of hydrogen-bond acceptors (Lipinski definition) is 5. The zero-order valence-electron chi connectivity index (χ0n) is 13.0. The van der Waals surface area contributed by atoms with Gasteiger partial charge in [-0.05, 0) is 32.9 Å². The number of hydrogen-bond donors (Lipinski definition) is 0. The third-order valence-electron chi connectivity index (χ3n) is 2.83. The maximum absolute atomic E-state index is 14.2. The second-order valence-electron chi connectivity index (χ2n) is 4.34. The lowest BCUT2D eigenvalue weighted by molar-refractivity contribution is -0.161. The second kappa shape index (κ2) is 9.27. The molecule has 0 heterocycles. The van der Waals surface area contributed by atoms with E-state index < -0.39 is 24.2 Å². The molecule has 1 unspecified atom stereocenters. The lowest BCUT2D eigenvalue weighted by Gasteiger charge is -2.20. The normalized spacial score (nSPS) is 12.2. The number of ether oxygens (including phenoxy) is 3. The predicted octanol–water partition coefficient (Wildman–Crippen LogP) is 2.78. The van der Waals surface area contributed by atoms with Gasteiger partial charge in [-0.25, -0.2) is 9.18 Å². The van der Waals surface area contributed by atoms with Gasteiger partial charge in [0, 0.05) is 18.8 Å². The Hall–Kier alpha value is -1.79. The molecule has 0 amide bonds. The van der Waals surface area contributed by atoms with E-state index in [0.29, 0.717) is 5.56 Å². The largest absolute Gasteiger partial charge is 0.462 e. The molecule has 1 aromatic carbocycles. The van der Waals surface area contributed by atoms with Crippen molar-refractivity contribution in [3.8, 4) is 0 Å². The van der Waals surface area contributed by atoms with Crippen LogP contribution in [0.5, 0.6) is 0 Å². The molecular formula is C16H21FO5. The van der Waals surface area contributed by atoms with Crippen LogP contribution in [-0.2, 0) is 14.2 Å². The first-order chi connectivity index (χ1) is 10.5. The summed E-state index contributed by atoms with van der Waals surface area (Å²) in [6.45, 7) is 5.82. The Labute approximate surface area is 129 Å². The van der Waals surface area contributed by atoms with Crippen molar-refractivity contribution in [1.29, 1.82) is 0 Å². The minimum atomic E-state index is -1.92. The lowest BCUT2D eigenvalue weighted by Crippen LogP contribution is -2.35. The number of halogens is 1. The Bertz CT molecular complexity index is 480. The third kappa shape index (κ3) is 4.89. The van der Waals surface area contributed by atoms with Crippen molar-refractivity contribution in [2.45, 2.75) is 33.2 Å². The van der Waals surface area contributed by atoms with Gasteiger partial charge in [0.05, 0.1) is 12.2 Å². The van der Waals surface area contributed by atoms with Crippen LogP contribution >= 0.6 is 0 Å². The van der Waals surface area contributed by atoms with Crippen LogP contribution < -0.4 is 0 Å². The van der Waals surface area contributed by atoms with Crippen LogP contribution in [0.2, 0.25) is 0 Å². The zero-order chi connectivity index (χ0) is 16.5. The van der Waals surface area contributed by atoms with Crippen molar-refractivity contribution in [3.05, 3.63) is 35.4 Å². The van der Waals surface area contributed by atoms with E-state index >= 15 is 0 Å². The molecule has 0 saturated heterocycles. The van der Waals surface area contributed by atoms with Crippen molar-refractivity contribution in [2.24, 2.45) is 0 Å². The highest BCUT2D eigenvalue weighted by atomic mass is 19.1. The molecule has 0 spiro atoms. The van der Waals surface area contributed by atoms with E-state index in [2.05, 4.69) is 0 Å². The molecule has 0 aliphatic heterocycles. The lowest BCUT2D eigenvalue weighted by atomic mass is 10.0. The first-order valence-electron chi connectivity index (χ1n) is 7.23. The van der Waals surface area contributed by atoms with Crippen LogP contribution in [0, 0.1) is 0 Å². The van der Waals surface area contributed by atoms with Crippen molar-refractivity contribution in [1.82, 2.24) is 0 Å². The molecule has 6 heteroatoms. The molecule has 0 aliphatic rings. The summed E-state index contributed by atoms with van der Waals surface area (Å²) >= 11 is 0. The van der Waals surface area contributed by atoms with Gasteiger partial charge >= 0.3 is 5.97 Å². The monoisotopic (exact) mass is 312 g/mol. The summed E-state index contributed by atoms with van der Waals surface area (Å²) in [7, 11) is 0. The summed E-state index contributed by atoms with van der Waals surface area (Å²) in [6, 6.07) is 5.62. The summed E-state index contributed by atoms with van der Waals surface area (Å²) in [5, 5.41) is 0. The quantitative estimate of drug-likeness (QED) is 0.398. The molecule has 1 aromatic rings. The summed E-state index contributed by atoms with van der Waals surface area (Å²) in [5.41, 5.74) is 0.449. The smallest absolute Gasteiger partial charge is 0.338 e. The van der Waals surface area contributed by atoms with E-state index in [0.717, 1.165) is 0 Å². The number of Topliss-reactive ketones (excluding diaryl/α,β-unsaturated/α-hetero) is 1. The molecule has 22 heavy (non-hydrogen) atoms. The van der Waals surface area contributed by atoms with Crippen LogP contribution in [0.1, 0.15) is 41.5 Å². The van der Waals surface area contributed by atoms with Gasteiger partial charge in [-0.15, -0.1) is 0 Å². The van der Waals surface area contributed by atoms with Crippen LogP contribution in [0.4, 0.5) is 4.39 Å². The number of ketones is 1. The molecular weight excluding hydrogens is 291 g/mol. The molecule has 0 fully saturated rings. The Kier molecular flexibility index (Phi) is 7.70. The molecule has 5 nitrogen and oxygen atoms in total. The maximum Gasteiger partial charge on any atom is 0.338 e. The van der Waals surface area contributed by atoms with Crippen molar-refractivity contribution < 1.29 is 28.2 Å². The van der Waals surface area contributed by atoms with E-state index in [9.17, 15) is 14.0 Å². The Morgan fingerprint density at radius 2 is 1.45 bits per heavy atom. The minimum Gasteiger partial charge on any atom is -0.462 e. The summed E-state index contributed by atoms with van der Waals surface area (Å²) in [5.74, 6) is -1.23. The van der Waals surface area contributed by atoms with E-state index in [1.807, 2.05) is 0 Å². The van der Waals surface area contributed by atoms with Gasteiger partial charge in [0.25, 0.3) is 0 Å². The van der Waals surface area contributed by atoms with Crippen LogP contribution in [0.15, 0.2) is 24.3 Å². The number of benzene rings is 1. The van der Waals surface area contributed by atoms with Crippen LogP contribution in [0.3, 0.4) is 0 Å². The minimum absolute atomic E-state index is 0.143. The van der Waals surface area contributed by atoms with E-state index in [-0.39, 0.29) is 25.4 Å². The van der Waals surface area contributed by atoms with Gasteiger partial charge in [-0.1, -0.05) is 12.1 Å². The molecule has 1 atom stereocenters. The fraction of sp³-hybridized carbons (Fsp3) is 0.500. The average molecular weight is 312 g/mol. The van der Waals surface area contributed by atoms with Crippen molar-refractivity contribution in [3.63, 3.8) is 0 Å². The number of alkyl halides is 1. The second-order valence-corrected chi connectivity index (χ2v) is 4.34. The Morgan fingerprint density at radius 3 is 1.91 bits per heavy atom. The Balaban J connectivity index is 2.81. The Morgan fingerprint density at radius 1 is 0.955 bits per heavy atom. The van der Waals surface area contributed by atoms with E-state index in [1.165, 1.54) is 24.3 Å². The van der Waals surface area contributed by atoms with Gasteiger partial charge in [-0.2, -0.15) is 0 Å². The first kappa shape index (κ1) is 18.3. The molecule has 0 bridgehead atoms. The van der Waals surface area contributed by atoms with Gasteiger partial charge in [0.2, 0.25) is 12.0 Å². The fourth-order valence-electron chi connectivity index (χ4n) is 1.81. The van der Waals surface area contributed by atoms with E-state index in [1.54, 1.807) is 20.8 Å². The van der Waals surface area contributed by atoms with Gasteiger partial charge < -0.3 is 14.2 Å². The molecule has 122 valence electrons. The summed E-state index contributed by atoms with van der Waals surface area (Å²) in [6.07, 6.45) is -3.15. The van der Waals surface area contributed by atoms with Gasteiger partial charge in [0.1, 0.15) is 0 Å². The maximum atomic E-state index is 14.2. The number of rotatable bonds is 9. The molecule has 0 radical (unpaired) electrons. The summed E-state index contributed by atoms with van der Waals surface area (Å²) in [4.78, 5) is 23.6. The average Bonchev–Trinajstić information content (AvgIpc) is 2.53. The van der Waals surface area contributed by atoms with Gasteiger partial charge in [-0.3, -0.25) is 4.79 Å². The molecule has 0 saturated carbocycles. The number of esters is 1. The fourth-order valence-corrected chi connectivity index (χ4v) is 1.81. The van der Waals surface area contributed by atoms with Crippen LogP contribution in [0.25, 0.3) is 0 Å². The highest BCUT2D eigenvalue weighted by molar-refractivity contribution is 6.00.